The van der Waals surface area contributed by atoms with Gasteiger partial charge in [-0.2, -0.15) is 0 Å². The van der Waals surface area contributed by atoms with Crippen molar-refractivity contribution in [1.82, 2.24) is 4.98 Å². The van der Waals surface area contributed by atoms with Crippen molar-refractivity contribution in [2.24, 2.45) is 0 Å². The second-order valence-electron chi connectivity index (χ2n) is 6.83. The van der Waals surface area contributed by atoms with Gasteiger partial charge in [-0.05, 0) is 13.0 Å². The van der Waals surface area contributed by atoms with Gasteiger partial charge in [0.1, 0.15) is 5.75 Å². The molecule has 0 radical (unpaired) electrons. The van der Waals surface area contributed by atoms with E-state index in [0.717, 1.165) is 11.1 Å². The lowest BCUT2D eigenvalue weighted by Gasteiger charge is -2.10. The molecular weight excluding hydrogens is 418 g/mol. The number of aryl methyl sites for hydroxylation is 2. The van der Waals surface area contributed by atoms with Crippen LogP contribution in [0.1, 0.15) is 17.9 Å². The minimum Gasteiger partial charge on any atom is -0.494 e. The van der Waals surface area contributed by atoms with Crippen LogP contribution in [0, 0.1) is 17.0 Å². The topological polar surface area (TPSA) is 134 Å². The van der Waals surface area contributed by atoms with Gasteiger partial charge >= 0.3 is 5.97 Å². The molecule has 0 unspecified atom stereocenters. The van der Waals surface area contributed by atoms with E-state index in [1.165, 1.54) is 25.3 Å². The third-order valence-electron chi connectivity index (χ3n) is 4.47. The number of aromatic nitrogens is 1. The van der Waals surface area contributed by atoms with Crippen LogP contribution in [0.2, 0.25) is 0 Å². The van der Waals surface area contributed by atoms with E-state index < -0.39 is 23.4 Å². The number of anilines is 1. The monoisotopic (exact) mass is 439 g/mol. The van der Waals surface area contributed by atoms with Crippen molar-refractivity contribution in [3.8, 4) is 17.1 Å². The van der Waals surface area contributed by atoms with E-state index >= 15 is 0 Å². The number of ether oxygens (including phenoxy) is 2. The van der Waals surface area contributed by atoms with Crippen LogP contribution in [0.25, 0.3) is 11.3 Å². The molecular formula is C22H21N3O7. The first-order valence-corrected chi connectivity index (χ1v) is 9.65. The van der Waals surface area contributed by atoms with Crippen LogP contribution in [0.4, 0.5) is 11.4 Å². The molecule has 0 aliphatic heterocycles. The van der Waals surface area contributed by atoms with Crippen molar-refractivity contribution in [1.29, 1.82) is 0 Å². The zero-order chi connectivity index (χ0) is 23.1. The molecule has 3 rings (SSSR count). The van der Waals surface area contributed by atoms with Gasteiger partial charge in [-0.15, -0.1) is 0 Å². The van der Waals surface area contributed by atoms with Gasteiger partial charge < -0.3 is 19.2 Å². The molecule has 0 fully saturated rings. The quantitative estimate of drug-likeness (QED) is 0.303. The number of nitro groups is 1. The Morgan fingerprint density at radius 2 is 1.94 bits per heavy atom. The van der Waals surface area contributed by atoms with Gasteiger partial charge in [0.25, 0.3) is 11.6 Å². The summed E-state index contributed by atoms with van der Waals surface area (Å²) < 4.78 is 15.7. The smallest absolute Gasteiger partial charge is 0.306 e. The van der Waals surface area contributed by atoms with Crippen LogP contribution >= 0.6 is 0 Å². The number of nitrogens with one attached hydrogen (secondary N) is 1. The summed E-state index contributed by atoms with van der Waals surface area (Å²) in [5.41, 5.74) is 2.06. The summed E-state index contributed by atoms with van der Waals surface area (Å²) in [5.74, 6) is -0.0938. The highest BCUT2D eigenvalue weighted by molar-refractivity contribution is 5.94. The number of nitrogens with zero attached hydrogens (tertiary/aromatic N) is 2. The van der Waals surface area contributed by atoms with Crippen molar-refractivity contribution in [2.75, 3.05) is 19.0 Å². The fourth-order valence-electron chi connectivity index (χ4n) is 2.79. The van der Waals surface area contributed by atoms with E-state index in [2.05, 4.69) is 10.3 Å². The molecule has 0 aliphatic rings. The molecule has 3 aromatic rings. The lowest BCUT2D eigenvalue weighted by Crippen LogP contribution is -2.21. The molecule has 10 nitrogen and oxygen atoms in total. The van der Waals surface area contributed by atoms with Gasteiger partial charge in [0.2, 0.25) is 0 Å². The summed E-state index contributed by atoms with van der Waals surface area (Å²) in [7, 11) is 1.32. The highest BCUT2D eigenvalue weighted by Gasteiger charge is 2.15. The minimum atomic E-state index is -0.608. The second-order valence-corrected chi connectivity index (χ2v) is 6.83. The van der Waals surface area contributed by atoms with Gasteiger partial charge in [0.05, 0.1) is 36.4 Å². The average molecular weight is 439 g/mol. The van der Waals surface area contributed by atoms with E-state index in [0.29, 0.717) is 11.7 Å². The Labute approximate surface area is 183 Å². The van der Waals surface area contributed by atoms with Crippen molar-refractivity contribution in [3.05, 3.63) is 70.2 Å². The maximum atomic E-state index is 12.1. The van der Waals surface area contributed by atoms with E-state index in [1.807, 2.05) is 31.2 Å². The molecule has 32 heavy (non-hydrogen) atoms. The second kappa shape index (κ2) is 10.2. The number of hydrogen-bond acceptors (Lipinski definition) is 8. The Hall–Kier alpha value is -4.21. The Morgan fingerprint density at radius 1 is 1.19 bits per heavy atom. The summed E-state index contributed by atoms with van der Waals surface area (Å²) in [6.07, 6.45) is 1.81. The number of rotatable bonds is 9. The molecule has 0 saturated carbocycles. The Morgan fingerprint density at radius 3 is 2.62 bits per heavy atom. The van der Waals surface area contributed by atoms with Gasteiger partial charge in [-0.25, -0.2) is 4.98 Å². The molecule has 10 heteroatoms. The van der Waals surface area contributed by atoms with Gasteiger partial charge in [0.15, 0.2) is 18.3 Å². The van der Waals surface area contributed by atoms with Crippen molar-refractivity contribution >= 4 is 23.3 Å². The number of amides is 1. The summed E-state index contributed by atoms with van der Waals surface area (Å²) in [6.45, 7) is 1.48. The Balaban J connectivity index is 1.46. The highest BCUT2D eigenvalue weighted by atomic mass is 16.6. The molecule has 1 heterocycles. The molecule has 1 N–H and O–H groups in total. The predicted octanol–water partition coefficient (Wildman–Crippen LogP) is 3.68. The summed E-state index contributed by atoms with van der Waals surface area (Å²) in [6, 6.07) is 11.5. The number of carbonyl (C=O) groups excluding carboxylic acids is 2. The molecule has 0 saturated heterocycles. The average Bonchev–Trinajstić information content (AvgIpc) is 3.26. The van der Waals surface area contributed by atoms with E-state index in [-0.39, 0.29) is 30.0 Å². The largest absolute Gasteiger partial charge is 0.494 e. The number of esters is 1. The Bertz CT molecular complexity index is 1120. The van der Waals surface area contributed by atoms with E-state index in [4.69, 9.17) is 13.9 Å². The minimum absolute atomic E-state index is 0.0119. The zero-order valence-electron chi connectivity index (χ0n) is 17.5. The fraction of sp³-hybridized carbons (Fsp3) is 0.227. The molecule has 2 aromatic carbocycles. The number of carbonyl (C=O) groups is 2. The van der Waals surface area contributed by atoms with Crippen LogP contribution in [0.5, 0.6) is 5.75 Å². The molecule has 1 aromatic heterocycles. The first kappa shape index (κ1) is 22.5. The number of oxazole rings is 1. The standard InChI is InChI=1S/C22H21N3O7/c1-14-3-5-15(6-4-14)19-12-23-21(32-19)9-10-22(27)31-13-20(26)24-17-8-7-16(25(28)29)11-18(17)30-2/h3-8,11-12H,9-10,13H2,1-2H3,(H,24,26). The number of methoxy groups -OCH3 is 1. The third kappa shape index (κ3) is 5.91. The third-order valence-corrected chi connectivity index (χ3v) is 4.47. The van der Waals surface area contributed by atoms with E-state index in [9.17, 15) is 19.7 Å². The first-order valence-electron chi connectivity index (χ1n) is 9.65. The lowest BCUT2D eigenvalue weighted by atomic mass is 10.1. The van der Waals surface area contributed by atoms with Crippen molar-refractivity contribution in [3.63, 3.8) is 0 Å². The predicted molar refractivity (Wildman–Crippen MR) is 114 cm³/mol. The molecule has 0 aliphatic carbocycles. The maximum absolute atomic E-state index is 12.1. The summed E-state index contributed by atoms with van der Waals surface area (Å²) in [4.78, 5) is 38.4. The molecule has 1 amide bonds. The normalized spacial score (nSPS) is 10.4. The SMILES string of the molecule is COc1cc([N+](=O)[O-])ccc1NC(=O)COC(=O)CCc1ncc(-c2ccc(C)cc2)o1. The van der Waals surface area contributed by atoms with Crippen LogP contribution in [0.15, 0.2) is 53.1 Å². The molecule has 166 valence electrons. The van der Waals surface area contributed by atoms with E-state index in [1.54, 1.807) is 6.20 Å². The number of nitro benzene ring substituents is 1. The zero-order valence-corrected chi connectivity index (χ0v) is 17.5. The highest BCUT2D eigenvalue weighted by Crippen LogP contribution is 2.29. The van der Waals surface area contributed by atoms with Gasteiger partial charge in [-0.1, -0.05) is 29.8 Å². The van der Waals surface area contributed by atoms with Crippen LogP contribution in [0.3, 0.4) is 0 Å². The van der Waals surface area contributed by atoms with Crippen molar-refractivity contribution < 1.29 is 28.4 Å². The van der Waals surface area contributed by atoms with Crippen LogP contribution in [-0.2, 0) is 20.7 Å². The fourth-order valence-corrected chi connectivity index (χ4v) is 2.79. The number of hydrogen-bond donors (Lipinski definition) is 1. The molecule has 0 bridgehead atoms. The summed E-state index contributed by atoms with van der Waals surface area (Å²) in [5, 5.41) is 13.3. The summed E-state index contributed by atoms with van der Waals surface area (Å²) >= 11 is 0. The van der Waals surface area contributed by atoms with Crippen LogP contribution < -0.4 is 10.1 Å². The Kier molecular flexibility index (Phi) is 7.17. The van der Waals surface area contributed by atoms with Crippen molar-refractivity contribution in [2.45, 2.75) is 19.8 Å². The number of non-ortho nitro benzene ring substituents is 1. The number of benzene rings is 2. The lowest BCUT2D eigenvalue weighted by molar-refractivity contribution is -0.384. The van der Waals surface area contributed by atoms with Crippen LogP contribution in [-0.4, -0.2) is 35.5 Å². The van der Waals surface area contributed by atoms with Gasteiger partial charge in [0, 0.05) is 18.1 Å². The maximum Gasteiger partial charge on any atom is 0.306 e. The molecule has 0 atom stereocenters. The first-order chi connectivity index (χ1) is 15.4. The van der Waals surface area contributed by atoms with Gasteiger partial charge in [-0.3, -0.25) is 19.7 Å². The molecule has 0 spiro atoms.